The van der Waals surface area contributed by atoms with Gasteiger partial charge in [0.05, 0.1) is 6.20 Å². The molecular formula is C16H23N3. The molecule has 0 amide bonds. The summed E-state index contributed by atoms with van der Waals surface area (Å²) >= 11 is 0. The van der Waals surface area contributed by atoms with Crippen molar-refractivity contribution in [1.82, 2.24) is 15.1 Å². The van der Waals surface area contributed by atoms with Crippen LogP contribution in [0.25, 0.3) is 0 Å². The monoisotopic (exact) mass is 257 g/mol. The molecule has 0 saturated carbocycles. The maximum atomic E-state index is 4.27. The molecule has 3 nitrogen and oxygen atoms in total. The Morgan fingerprint density at radius 2 is 1.84 bits per heavy atom. The van der Waals surface area contributed by atoms with E-state index in [0.29, 0.717) is 6.04 Å². The van der Waals surface area contributed by atoms with E-state index in [4.69, 9.17) is 0 Å². The second kappa shape index (κ2) is 6.53. The number of hydrogen-bond donors (Lipinski definition) is 1. The molecule has 1 aromatic carbocycles. The Hall–Kier alpha value is -1.61. The van der Waals surface area contributed by atoms with Crippen LogP contribution in [0.3, 0.4) is 0 Å². The lowest BCUT2D eigenvalue weighted by molar-refractivity contribution is 0.549. The smallest absolute Gasteiger partial charge is 0.0537 e. The molecule has 2 aromatic rings. The van der Waals surface area contributed by atoms with Gasteiger partial charge in [-0.15, -0.1) is 0 Å². The average molecular weight is 257 g/mol. The van der Waals surface area contributed by atoms with Gasteiger partial charge in [0.25, 0.3) is 0 Å². The summed E-state index contributed by atoms with van der Waals surface area (Å²) in [7, 11) is 1.96. The Balaban J connectivity index is 2.11. The lowest BCUT2D eigenvalue weighted by Gasteiger charge is -2.16. The Labute approximate surface area is 115 Å². The van der Waals surface area contributed by atoms with E-state index in [1.807, 2.05) is 17.9 Å². The molecule has 1 heterocycles. The zero-order valence-corrected chi connectivity index (χ0v) is 12.1. The SMILES string of the molecule is CCNC(Cc1ccc(CC)cc1)c1cnn(C)c1. The van der Waals surface area contributed by atoms with Crippen molar-refractivity contribution in [1.29, 1.82) is 0 Å². The van der Waals surface area contributed by atoms with Crippen molar-refractivity contribution in [2.75, 3.05) is 6.54 Å². The van der Waals surface area contributed by atoms with Gasteiger partial charge in [-0.2, -0.15) is 5.10 Å². The molecule has 1 atom stereocenters. The maximum Gasteiger partial charge on any atom is 0.0537 e. The highest BCUT2D eigenvalue weighted by Crippen LogP contribution is 2.18. The van der Waals surface area contributed by atoms with Crippen LogP contribution in [0.2, 0.25) is 0 Å². The first kappa shape index (κ1) is 13.8. The Morgan fingerprint density at radius 1 is 1.16 bits per heavy atom. The fourth-order valence-corrected chi connectivity index (χ4v) is 2.32. The molecule has 0 radical (unpaired) electrons. The molecule has 0 spiro atoms. The molecular weight excluding hydrogens is 234 g/mol. The molecule has 2 rings (SSSR count). The van der Waals surface area contributed by atoms with Gasteiger partial charge in [0.1, 0.15) is 0 Å². The number of benzene rings is 1. The zero-order chi connectivity index (χ0) is 13.7. The van der Waals surface area contributed by atoms with Crippen molar-refractivity contribution < 1.29 is 0 Å². The number of rotatable bonds is 6. The van der Waals surface area contributed by atoms with E-state index in [1.54, 1.807) is 0 Å². The van der Waals surface area contributed by atoms with Gasteiger partial charge in [0.2, 0.25) is 0 Å². The van der Waals surface area contributed by atoms with E-state index in [0.717, 1.165) is 19.4 Å². The predicted molar refractivity (Wildman–Crippen MR) is 79.1 cm³/mol. The van der Waals surface area contributed by atoms with Crippen LogP contribution in [-0.2, 0) is 19.9 Å². The third kappa shape index (κ3) is 3.67. The summed E-state index contributed by atoms with van der Waals surface area (Å²) in [5, 5.41) is 7.80. The highest BCUT2D eigenvalue weighted by Gasteiger charge is 2.12. The van der Waals surface area contributed by atoms with Crippen molar-refractivity contribution >= 4 is 0 Å². The van der Waals surface area contributed by atoms with Gasteiger partial charge >= 0.3 is 0 Å². The fraction of sp³-hybridized carbons (Fsp3) is 0.438. The van der Waals surface area contributed by atoms with Gasteiger partial charge < -0.3 is 5.32 Å². The van der Waals surface area contributed by atoms with Crippen LogP contribution in [-0.4, -0.2) is 16.3 Å². The van der Waals surface area contributed by atoms with Crippen LogP contribution in [0.5, 0.6) is 0 Å². The van der Waals surface area contributed by atoms with Crippen molar-refractivity contribution in [3.63, 3.8) is 0 Å². The van der Waals surface area contributed by atoms with Crippen LogP contribution < -0.4 is 5.32 Å². The molecule has 0 saturated heterocycles. The number of aromatic nitrogens is 2. The molecule has 0 fully saturated rings. The highest BCUT2D eigenvalue weighted by atomic mass is 15.2. The predicted octanol–water partition coefficient (Wildman–Crippen LogP) is 2.88. The van der Waals surface area contributed by atoms with Crippen LogP contribution in [0.15, 0.2) is 36.7 Å². The first-order chi connectivity index (χ1) is 9.22. The summed E-state index contributed by atoms with van der Waals surface area (Å²) < 4.78 is 1.86. The van der Waals surface area contributed by atoms with Crippen molar-refractivity contribution in [2.45, 2.75) is 32.7 Å². The maximum absolute atomic E-state index is 4.27. The van der Waals surface area contributed by atoms with Gasteiger partial charge in [-0.3, -0.25) is 4.68 Å². The van der Waals surface area contributed by atoms with Crippen LogP contribution in [0, 0.1) is 0 Å². The lowest BCUT2D eigenvalue weighted by Crippen LogP contribution is -2.22. The van der Waals surface area contributed by atoms with Crippen molar-refractivity contribution in [3.8, 4) is 0 Å². The van der Waals surface area contributed by atoms with E-state index < -0.39 is 0 Å². The number of hydrogen-bond acceptors (Lipinski definition) is 2. The first-order valence-electron chi connectivity index (χ1n) is 7.02. The second-order valence-corrected chi connectivity index (χ2v) is 4.93. The van der Waals surface area contributed by atoms with E-state index in [2.05, 4.69) is 54.7 Å². The Kier molecular flexibility index (Phi) is 4.74. The molecule has 0 aliphatic rings. The number of likely N-dealkylation sites (N-methyl/N-ethyl adjacent to an activating group) is 1. The summed E-state index contributed by atoms with van der Waals surface area (Å²) in [5.41, 5.74) is 4.01. The van der Waals surface area contributed by atoms with E-state index in [9.17, 15) is 0 Å². The van der Waals surface area contributed by atoms with Crippen LogP contribution >= 0.6 is 0 Å². The van der Waals surface area contributed by atoms with Gasteiger partial charge in [0.15, 0.2) is 0 Å². The van der Waals surface area contributed by atoms with E-state index >= 15 is 0 Å². The number of nitrogens with one attached hydrogen (secondary N) is 1. The third-order valence-corrected chi connectivity index (χ3v) is 3.45. The molecule has 0 bridgehead atoms. The van der Waals surface area contributed by atoms with E-state index in [-0.39, 0.29) is 0 Å². The molecule has 1 aromatic heterocycles. The summed E-state index contributed by atoms with van der Waals surface area (Å²) in [4.78, 5) is 0. The molecule has 1 unspecified atom stereocenters. The summed E-state index contributed by atoms with van der Waals surface area (Å²) in [6.07, 6.45) is 6.14. The molecule has 102 valence electrons. The summed E-state index contributed by atoms with van der Waals surface area (Å²) in [6.45, 7) is 5.29. The minimum Gasteiger partial charge on any atom is -0.310 e. The molecule has 1 N–H and O–H groups in total. The highest BCUT2D eigenvalue weighted by molar-refractivity contribution is 5.25. The Morgan fingerprint density at radius 3 is 2.37 bits per heavy atom. The molecule has 19 heavy (non-hydrogen) atoms. The normalized spacial score (nSPS) is 12.6. The average Bonchev–Trinajstić information content (AvgIpc) is 2.86. The molecule has 0 aliphatic heterocycles. The quantitative estimate of drug-likeness (QED) is 0.862. The zero-order valence-electron chi connectivity index (χ0n) is 12.1. The van der Waals surface area contributed by atoms with Crippen LogP contribution in [0.4, 0.5) is 0 Å². The second-order valence-electron chi connectivity index (χ2n) is 4.93. The lowest BCUT2D eigenvalue weighted by atomic mass is 10.00. The van der Waals surface area contributed by atoms with Crippen molar-refractivity contribution in [2.24, 2.45) is 7.05 Å². The third-order valence-electron chi connectivity index (χ3n) is 3.45. The van der Waals surface area contributed by atoms with E-state index in [1.165, 1.54) is 16.7 Å². The summed E-state index contributed by atoms with van der Waals surface area (Å²) in [5.74, 6) is 0. The van der Waals surface area contributed by atoms with Gasteiger partial charge in [0, 0.05) is 24.8 Å². The van der Waals surface area contributed by atoms with Crippen molar-refractivity contribution in [3.05, 3.63) is 53.3 Å². The van der Waals surface area contributed by atoms with Crippen LogP contribution in [0.1, 0.15) is 36.6 Å². The van der Waals surface area contributed by atoms with Gasteiger partial charge in [-0.1, -0.05) is 38.1 Å². The largest absolute Gasteiger partial charge is 0.310 e. The Bertz CT molecular complexity index is 499. The van der Waals surface area contributed by atoms with Gasteiger partial charge in [-0.25, -0.2) is 0 Å². The number of aryl methyl sites for hydroxylation is 2. The summed E-state index contributed by atoms with van der Waals surface area (Å²) in [6, 6.07) is 9.26. The fourth-order valence-electron chi connectivity index (χ4n) is 2.32. The molecule has 3 heteroatoms. The first-order valence-corrected chi connectivity index (χ1v) is 7.02. The minimum atomic E-state index is 0.339. The standard InChI is InChI=1S/C16H23N3/c1-4-13-6-8-14(9-7-13)10-16(17-5-2)15-11-18-19(3)12-15/h6-9,11-12,16-17H,4-5,10H2,1-3H3. The minimum absolute atomic E-state index is 0.339. The number of nitrogens with zero attached hydrogens (tertiary/aromatic N) is 2. The molecule has 0 aliphatic carbocycles. The topological polar surface area (TPSA) is 29.9 Å². The van der Waals surface area contributed by atoms with Gasteiger partial charge in [-0.05, 0) is 30.5 Å².